The van der Waals surface area contributed by atoms with Crippen molar-refractivity contribution in [2.75, 3.05) is 5.32 Å². The molecule has 0 saturated carbocycles. The van der Waals surface area contributed by atoms with Crippen LogP contribution in [0, 0.1) is 0 Å². The first kappa shape index (κ1) is 13.1. The Morgan fingerprint density at radius 2 is 1.76 bits per heavy atom. The molecule has 1 N–H and O–H groups in total. The van der Waals surface area contributed by atoms with Crippen molar-refractivity contribution in [1.82, 2.24) is 20.5 Å². The molecule has 0 aliphatic heterocycles. The second-order valence-electron chi connectivity index (χ2n) is 3.87. The molecular weight excluding hydrogens is 291 g/mol. The average Bonchev–Trinajstić information content (AvgIpc) is 3.07. The number of nitrogens with one attached hydrogen (secondary N) is 1. The third-order valence-electron chi connectivity index (χ3n) is 2.41. The van der Waals surface area contributed by atoms with Gasteiger partial charge >= 0.3 is 12.1 Å². The van der Waals surface area contributed by atoms with E-state index in [0.717, 1.165) is 0 Å². The Kier molecular flexibility index (Phi) is 3.05. The van der Waals surface area contributed by atoms with Crippen LogP contribution in [0.1, 0.15) is 5.89 Å². The highest BCUT2D eigenvalue weighted by Crippen LogP contribution is 2.31. The number of rotatable bonds is 3. The summed E-state index contributed by atoms with van der Waals surface area (Å²) in [4.78, 5) is 3.22. The minimum Gasteiger partial charge on any atom is -0.335 e. The normalized spacial score (nSPS) is 11.6. The molecule has 3 rings (SSSR count). The smallest absolute Gasteiger partial charge is 0.335 e. The van der Waals surface area contributed by atoms with Gasteiger partial charge in [0.15, 0.2) is 5.69 Å². The lowest BCUT2D eigenvalue weighted by Crippen LogP contribution is -2.05. The lowest BCUT2D eigenvalue weighted by atomic mass is 10.3. The Morgan fingerprint density at radius 1 is 1.00 bits per heavy atom. The molecule has 7 nitrogen and oxygen atoms in total. The minimum absolute atomic E-state index is 0.0794. The number of nitrogens with zero attached hydrogens (tertiary/aromatic N) is 4. The van der Waals surface area contributed by atoms with Gasteiger partial charge < -0.3 is 9.84 Å². The Balaban J connectivity index is 1.90. The Bertz CT molecular complexity index is 738. The quantitative estimate of drug-likeness (QED) is 0.794. The molecule has 10 heteroatoms. The van der Waals surface area contributed by atoms with Gasteiger partial charge in [-0.25, -0.2) is 4.63 Å². The van der Waals surface area contributed by atoms with E-state index >= 15 is 0 Å². The van der Waals surface area contributed by atoms with Gasteiger partial charge in [0.25, 0.3) is 0 Å². The van der Waals surface area contributed by atoms with Gasteiger partial charge in [-0.15, -0.1) is 0 Å². The van der Waals surface area contributed by atoms with Gasteiger partial charge in [-0.3, -0.25) is 0 Å². The van der Waals surface area contributed by atoms with Crippen LogP contribution >= 0.6 is 0 Å². The van der Waals surface area contributed by atoms with Crippen LogP contribution in [0.4, 0.5) is 24.7 Å². The fourth-order valence-corrected chi connectivity index (χ4v) is 1.51. The molecule has 21 heavy (non-hydrogen) atoms. The van der Waals surface area contributed by atoms with Crippen molar-refractivity contribution in [1.29, 1.82) is 0 Å². The topological polar surface area (TPSA) is 89.9 Å². The van der Waals surface area contributed by atoms with Gasteiger partial charge in [-0.1, -0.05) is 23.4 Å². The van der Waals surface area contributed by atoms with Crippen LogP contribution in [0.15, 0.2) is 39.5 Å². The molecule has 2 aromatic heterocycles. The summed E-state index contributed by atoms with van der Waals surface area (Å²) in [6.07, 6.45) is -4.73. The number of alkyl halides is 3. The SMILES string of the molecule is FC(F)(F)c1nc(-c2nonc2Nc2ccccc2)no1. The summed E-state index contributed by atoms with van der Waals surface area (Å²) in [5.74, 6) is -1.76. The molecule has 0 radical (unpaired) electrons. The highest BCUT2D eigenvalue weighted by Gasteiger charge is 2.39. The average molecular weight is 297 g/mol. The van der Waals surface area contributed by atoms with Gasteiger partial charge in [-0.2, -0.15) is 18.2 Å². The predicted octanol–water partition coefficient (Wildman–Crippen LogP) is 2.88. The number of hydrogen-bond acceptors (Lipinski definition) is 7. The summed E-state index contributed by atoms with van der Waals surface area (Å²) in [6, 6.07) is 8.81. The van der Waals surface area contributed by atoms with Crippen LogP contribution in [0.3, 0.4) is 0 Å². The van der Waals surface area contributed by atoms with Crippen molar-refractivity contribution in [2.45, 2.75) is 6.18 Å². The molecule has 0 saturated heterocycles. The number of anilines is 2. The first-order valence-corrected chi connectivity index (χ1v) is 5.60. The van der Waals surface area contributed by atoms with Crippen LogP contribution in [0.2, 0.25) is 0 Å². The summed E-state index contributed by atoms with van der Waals surface area (Å²) >= 11 is 0. The van der Waals surface area contributed by atoms with Crippen LogP contribution < -0.4 is 5.32 Å². The Morgan fingerprint density at radius 3 is 2.43 bits per heavy atom. The molecule has 0 aliphatic rings. The van der Waals surface area contributed by atoms with E-state index in [1.54, 1.807) is 24.3 Å². The van der Waals surface area contributed by atoms with E-state index in [9.17, 15) is 13.2 Å². The zero-order chi connectivity index (χ0) is 14.9. The monoisotopic (exact) mass is 297 g/mol. The predicted molar refractivity (Wildman–Crippen MR) is 62.3 cm³/mol. The van der Waals surface area contributed by atoms with E-state index < -0.39 is 12.1 Å². The molecule has 108 valence electrons. The fourth-order valence-electron chi connectivity index (χ4n) is 1.51. The van der Waals surface area contributed by atoms with Crippen molar-refractivity contribution in [3.63, 3.8) is 0 Å². The van der Waals surface area contributed by atoms with Gasteiger partial charge in [0, 0.05) is 5.69 Å². The third kappa shape index (κ3) is 2.68. The molecule has 0 aliphatic carbocycles. The van der Waals surface area contributed by atoms with Gasteiger partial charge in [-0.05, 0) is 22.4 Å². The second kappa shape index (κ2) is 4.89. The summed E-state index contributed by atoms with van der Waals surface area (Å²) in [6.45, 7) is 0. The second-order valence-corrected chi connectivity index (χ2v) is 3.87. The Labute approximate surface area is 114 Å². The summed E-state index contributed by atoms with van der Waals surface area (Å²) in [5, 5.41) is 13.1. The lowest BCUT2D eigenvalue weighted by molar-refractivity contribution is -0.159. The van der Waals surface area contributed by atoms with Gasteiger partial charge in [0.2, 0.25) is 11.6 Å². The molecule has 0 spiro atoms. The molecule has 0 fully saturated rings. The molecule has 0 bridgehead atoms. The van der Waals surface area contributed by atoms with E-state index in [4.69, 9.17) is 0 Å². The van der Waals surface area contributed by atoms with E-state index in [-0.39, 0.29) is 17.3 Å². The fraction of sp³-hybridized carbons (Fsp3) is 0.0909. The van der Waals surface area contributed by atoms with Crippen molar-refractivity contribution >= 4 is 11.5 Å². The summed E-state index contributed by atoms with van der Waals surface area (Å²) in [7, 11) is 0. The van der Waals surface area contributed by atoms with Crippen molar-refractivity contribution < 1.29 is 22.3 Å². The number of benzene rings is 1. The van der Waals surface area contributed by atoms with Crippen molar-refractivity contribution in [3.05, 3.63) is 36.2 Å². The zero-order valence-corrected chi connectivity index (χ0v) is 10.1. The van der Waals surface area contributed by atoms with Crippen LogP contribution in [-0.4, -0.2) is 20.5 Å². The maximum atomic E-state index is 12.4. The number of aromatic nitrogens is 4. The van der Waals surface area contributed by atoms with E-state index in [2.05, 4.69) is 34.9 Å². The van der Waals surface area contributed by atoms with Crippen LogP contribution in [-0.2, 0) is 6.18 Å². The number of halogens is 3. The third-order valence-corrected chi connectivity index (χ3v) is 2.41. The maximum absolute atomic E-state index is 12.4. The highest BCUT2D eigenvalue weighted by molar-refractivity contribution is 5.69. The summed E-state index contributed by atoms with van der Waals surface area (Å²) in [5.41, 5.74) is 0.562. The molecule has 0 atom stereocenters. The van der Waals surface area contributed by atoms with Crippen LogP contribution in [0.5, 0.6) is 0 Å². The highest BCUT2D eigenvalue weighted by atomic mass is 19.4. The van der Waals surface area contributed by atoms with E-state index in [0.29, 0.717) is 5.69 Å². The first-order valence-electron chi connectivity index (χ1n) is 5.60. The summed E-state index contributed by atoms with van der Waals surface area (Å²) < 4.78 is 45.9. The van der Waals surface area contributed by atoms with Crippen LogP contribution in [0.25, 0.3) is 11.5 Å². The van der Waals surface area contributed by atoms with Crippen molar-refractivity contribution in [3.8, 4) is 11.5 Å². The van der Waals surface area contributed by atoms with E-state index in [1.807, 2.05) is 6.07 Å². The Hall–Kier alpha value is -2.91. The largest absolute Gasteiger partial charge is 0.471 e. The molecule has 0 unspecified atom stereocenters. The number of para-hydroxylation sites is 1. The van der Waals surface area contributed by atoms with Crippen molar-refractivity contribution in [2.24, 2.45) is 0 Å². The lowest BCUT2D eigenvalue weighted by Gasteiger charge is -2.01. The molecular formula is C11H6F3N5O2. The maximum Gasteiger partial charge on any atom is 0.471 e. The minimum atomic E-state index is -4.73. The standard InChI is InChI=1S/C11H6F3N5O2/c12-11(13,14)10-16-9(18-20-10)7-8(19-21-17-7)15-6-4-2-1-3-5-6/h1-5H,(H,15,19). The van der Waals surface area contributed by atoms with Gasteiger partial charge in [0.05, 0.1) is 0 Å². The molecule has 0 amide bonds. The molecule has 1 aromatic carbocycles. The number of hydrogen-bond donors (Lipinski definition) is 1. The molecule has 2 heterocycles. The zero-order valence-electron chi connectivity index (χ0n) is 10.1. The van der Waals surface area contributed by atoms with Gasteiger partial charge in [0.1, 0.15) is 0 Å². The van der Waals surface area contributed by atoms with E-state index in [1.165, 1.54) is 0 Å². The first-order chi connectivity index (χ1) is 10.0. The molecule has 3 aromatic rings.